The van der Waals surface area contributed by atoms with Crippen molar-refractivity contribution in [1.29, 1.82) is 0 Å². The number of hydrogen-bond acceptors (Lipinski definition) is 3. The highest BCUT2D eigenvalue weighted by atomic mass is 19.4. The molecule has 0 spiro atoms. The minimum absolute atomic E-state index is 0.0584. The summed E-state index contributed by atoms with van der Waals surface area (Å²) < 4.78 is 78.1. The van der Waals surface area contributed by atoms with Crippen LogP contribution in [0.3, 0.4) is 0 Å². The fourth-order valence-electron chi connectivity index (χ4n) is 3.25. The smallest absolute Gasteiger partial charge is 0.340 e. The minimum atomic E-state index is -5.07. The highest BCUT2D eigenvalue weighted by Gasteiger charge is 2.38. The van der Waals surface area contributed by atoms with Crippen LogP contribution >= 0.6 is 0 Å². The topological polar surface area (TPSA) is 62.3 Å². The first-order valence-corrected chi connectivity index (χ1v) is 9.24. The second kappa shape index (κ2) is 8.56. The van der Waals surface area contributed by atoms with E-state index in [9.17, 15) is 35.9 Å². The Morgan fingerprint density at radius 3 is 2.26 bits per heavy atom. The molecule has 166 valence electrons. The van der Waals surface area contributed by atoms with E-state index in [2.05, 4.69) is 10.3 Å². The van der Waals surface area contributed by atoms with Crippen LogP contribution in [0.1, 0.15) is 40.0 Å². The minimum Gasteiger partial charge on any atom is -0.340 e. The molecule has 1 aliphatic rings. The summed E-state index contributed by atoms with van der Waals surface area (Å²) in [6, 6.07) is 4.70. The number of nitrogens with zero attached hydrogens (tertiary/aromatic N) is 2. The number of rotatable bonds is 4. The summed E-state index contributed by atoms with van der Waals surface area (Å²) in [5.74, 6) is -1.66. The summed E-state index contributed by atoms with van der Waals surface area (Å²) in [5, 5.41) is 2.27. The van der Waals surface area contributed by atoms with Gasteiger partial charge < -0.3 is 10.2 Å². The molecule has 0 bridgehead atoms. The number of halogens is 6. The van der Waals surface area contributed by atoms with Gasteiger partial charge in [-0.1, -0.05) is 6.07 Å². The quantitative estimate of drug-likeness (QED) is 0.723. The molecule has 2 heterocycles. The number of piperidine rings is 1. The number of pyridine rings is 1. The molecule has 0 radical (unpaired) electrons. The molecule has 11 heteroatoms. The molecule has 0 aliphatic carbocycles. The summed E-state index contributed by atoms with van der Waals surface area (Å²) in [4.78, 5) is 30.7. The molecular formula is C20H17F6N3O2. The van der Waals surface area contributed by atoms with Crippen LogP contribution in [-0.2, 0) is 23.7 Å². The summed E-state index contributed by atoms with van der Waals surface area (Å²) in [7, 11) is 0. The van der Waals surface area contributed by atoms with Crippen LogP contribution in [0, 0.1) is 0 Å². The highest BCUT2D eigenvalue weighted by molar-refractivity contribution is 5.98. The van der Waals surface area contributed by atoms with Crippen molar-refractivity contribution in [3.63, 3.8) is 0 Å². The van der Waals surface area contributed by atoms with Crippen molar-refractivity contribution in [3.8, 4) is 0 Å². The Kier molecular flexibility index (Phi) is 6.23. The van der Waals surface area contributed by atoms with Gasteiger partial charge in [0.2, 0.25) is 5.91 Å². The highest BCUT2D eigenvalue weighted by Crippen LogP contribution is 2.36. The van der Waals surface area contributed by atoms with E-state index in [0.717, 1.165) is 0 Å². The van der Waals surface area contributed by atoms with Crippen molar-refractivity contribution in [3.05, 3.63) is 65.0 Å². The molecule has 1 fully saturated rings. The van der Waals surface area contributed by atoms with Gasteiger partial charge in [0.15, 0.2) is 0 Å². The monoisotopic (exact) mass is 445 g/mol. The Balaban J connectivity index is 1.79. The van der Waals surface area contributed by atoms with Crippen molar-refractivity contribution in [1.82, 2.24) is 15.2 Å². The summed E-state index contributed by atoms with van der Waals surface area (Å²) in [5.41, 5.74) is -3.41. The first-order valence-electron chi connectivity index (χ1n) is 9.24. The lowest BCUT2D eigenvalue weighted by atomic mass is 10.0. The van der Waals surface area contributed by atoms with E-state index in [1.54, 1.807) is 24.4 Å². The third-order valence-corrected chi connectivity index (χ3v) is 4.76. The van der Waals surface area contributed by atoms with Crippen molar-refractivity contribution < 1.29 is 35.9 Å². The van der Waals surface area contributed by atoms with Gasteiger partial charge in [0.05, 0.1) is 23.4 Å². The van der Waals surface area contributed by atoms with Crippen LogP contribution in [0.5, 0.6) is 0 Å². The Bertz CT molecular complexity index is 927. The fourth-order valence-corrected chi connectivity index (χ4v) is 3.25. The van der Waals surface area contributed by atoms with Gasteiger partial charge in [-0.15, -0.1) is 0 Å². The van der Waals surface area contributed by atoms with Crippen molar-refractivity contribution in [2.24, 2.45) is 0 Å². The van der Waals surface area contributed by atoms with Crippen LogP contribution in [0.2, 0.25) is 0 Å². The van der Waals surface area contributed by atoms with Gasteiger partial charge in [0, 0.05) is 18.3 Å². The van der Waals surface area contributed by atoms with E-state index in [1.165, 1.54) is 4.90 Å². The Labute approximate surface area is 173 Å². The van der Waals surface area contributed by atoms with E-state index in [1.807, 2.05) is 0 Å². The molecule has 5 nitrogen and oxygen atoms in total. The molecule has 1 aromatic carbocycles. The van der Waals surface area contributed by atoms with Crippen LogP contribution in [0.25, 0.3) is 0 Å². The molecule has 1 saturated heterocycles. The first kappa shape index (κ1) is 22.6. The standard InChI is InChI=1S/C20H17F6N3O2/c21-19(22,23)13-8-12(9-14(10-13)20(24,25)26)17(30)28-16-5-3-7-29(18(16)31)11-15-4-1-2-6-27-15/h1-2,4,6,8-10,16H,3,5,7,11H2,(H,28,30). The average Bonchev–Trinajstić information content (AvgIpc) is 2.70. The van der Waals surface area contributed by atoms with Crippen molar-refractivity contribution in [2.45, 2.75) is 37.8 Å². The zero-order chi connectivity index (χ0) is 22.8. The molecule has 1 N–H and O–H groups in total. The van der Waals surface area contributed by atoms with E-state index in [4.69, 9.17) is 0 Å². The number of aromatic nitrogens is 1. The van der Waals surface area contributed by atoms with Crippen LogP contribution in [0.15, 0.2) is 42.6 Å². The second-order valence-corrected chi connectivity index (χ2v) is 7.04. The molecule has 1 unspecified atom stereocenters. The van der Waals surface area contributed by atoms with E-state index in [-0.39, 0.29) is 19.0 Å². The summed E-state index contributed by atoms with van der Waals surface area (Å²) in [6.07, 6.45) is -7.88. The number of hydrogen-bond donors (Lipinski definition) is 1. The zero-order valence-electron chi connectivity index (χ0n) is 15.9. The number of alkyl halides is 6. The zero-order valence-corrected chi connectivity index (χ0v) is 15.9. The summed E-state index contributed by atoms with van der Waals surface area (Å²) >= 11 is 0. The molecule has 1 atom stereocenters. The lowest BCUT2D eigenvalue weighted by Gasteiger charge is -2.32. The van der Waals surface area contributed by atoms with Crippen LogP contribution < -0.4 is 5.32 Å². The van der Waals surface area contributed by atoms with Crippen LogP contribution in [-0.4, -0.2) is 34.3 Å². The number of benzene rings is 1. The van der Waals surface area contributed by atoms with Gasteiger partial charge in [-0.3, -0.25) is 14.6 Å². The van der Waals surface area contributed by atoms with Gasteiger partial charge in [0.1, 0.15) is 6.04 Å². The van der Waals surface area contributed by atoms with Gasteiger partial charge in [-0.05, 0) is 43.2 Å². The van der Waals surface area contributed by atoms with E-state index < -0.39 is 46.9 Å². The van der Waals surface area contributed by atoms with E-state index >= 15 is 0 Å². The molecule has 2 amide bonds. The van der Waals surface area contributed by atoms with E-state index in [0.29, 0.717) is 30.8 Å². The van der Waals surface area contributed by atoms with Gasteiger partial charge in [-0.25, -0.2) is 0 Å². The van der Waals surface area contributed by atoms with Crippen molar-refractivity contribution >= 4 is 11.8 Å². The maximum Gasteiger partial charge on any atom is 0.416 e. The predicted molar refractivity (Wildman–Crippen MR) is 96.6 cm³/mol. The largest absolute Gasteiger partial charge is 0.416 e. The lowest BCUT2D eigenvalue weighted by Crippen LogP contribution is -2.52. The molecule has 31 heavy (non-hydrogen) atoms. The molecular weight excluding hydrogens is 428 g/mol. The Morgan fingerprint density at radius 2 is 1.71 bits per heavy atom. The maximum absolute atomic E-state index is 13.0. The molecule has 3 rings (SSSR count). The fraction of sp³-hybridized carbons (Fsp3) is 0.350. The average molecular weight is 445 g/mol. The summed E-state index contributed by atoms with van der Waals surface area (Å²) in [6.45, 7) is 0.567. The molecule has 2 aromatic rings. The SMILES string of the molecule is O=C(NC1CCCN(Cc2ccccn2)C1=O)c1cc(C(F)(F)F)cc(C(F)(F)F)c1. The number of likely N-dealkylation sites (tertiary alicyclic amines) is 1. The maximum atomic E-state index is 13.0. The normalized spacial score (nSPS) is 17.5. The molecule has 1 aliphatic heterocycles. The Hall–Kier alpha value is -3.11. The first-order chi connectivity index (χ1) is 14.4. The van der Waals surface area contributed by atoms with Gasteiger partial charge in [0.25, 0.3) is 5.91 Å². The molecule has 1 aromatic heterocycles. The predicted octanol–water partition coefficient (Wildman–Crippen LogP) is 4.04. The molecule has 0 saturated carbocycles. The third-order valence-electron chi connectivity index (χ3n) is 4.76. The van der Waals surface area contributed by atoms with Gasteiger partial charge in [-0.2, -0.15) is 26.3 Å². The number of nitrogens with one attached hydrogen (secondary N) is 1. The second-order valence-electron chi connectivity index (χ2n) is 7.04. The van der Waals surface area contributed by atoms with Crippen molar-refractivity contribution in [2.75, 3.05) is 6.54 Å². The van der Waals surface area contributed by atoms with Crippen LogP contribution in [0.4, 0.5) is 26.3 Å². The lowest BCUT2D eigenvalue weighted by molar-refractivity contribution is -0.143. The number of amides is 2. The van der Waals surface area contributed by atoms with Gasteiger partial charge >= 0.3 is 12.4 Å². The number of carbonyl (C=O) groups excluding carboxylic acids is 2. The number of carbonyl (C=O) groups is 2. The third kappa shape index (κ3) is 5.53. The Morgan fingerprint density at radius 1 is 1.06 bits per heavy atom.